The zero-order chi connectivity index (χ0) is 9.68. The van der Waals surface area contributed by atoms with Crippen LogP contribution in [-0.4, -0.2) is 18.8 Å². The van der Waals surface area contributed by atoms with Crippen molar-refractivity contribution in [3.8, 4) is 0 Å². The molecule has 1 N–H and O–H groups in total. The summed E-state index contributed by atoms with van der Waals surface area (Å²) in [7, 11) is 1.76. The second-order valence-electron chi connectivity index (χ2n) is 2.56. The smallest absolute Gasteiger partial charge is 0.253 e. The van der Waals surface area contributed by atoms with Crippen molar-refractivity contribution in [3.05, 3.63) is 30.3 Å². The second-order valence-corrected chi connectivity index (χ2v) is 2.83. The molecule has 0 aliphatic carbocycles. The van der Waals surface area contributed by atoms with Gasteiger partial charge in [0.2, 0.25) is 0 Å². The zero-order valence-electron chi connectivity index (χ0n) is 7.33. The van der Waals surface area contributed by atoms with Gasteiger partial charge in [-0.15, -0.1) is 11.6 Å². The van der Waals surface area contributed by atoms with Gasteiger partial charge < -0.3 is 0 Å². The fourth-order valence-electron chi connectivity index (χ4n) is 0.933. The number of alkyl halides is 1. The van der Waals surface area contributed by atoms with Crippen LogP contribution in [0.2, 0.25) is 0 Å². The Bertz CT molecular complexity index is 276. The van der Waals surface area contributed by atoms with Crippen molar-refractivity contribution in [3.63, 3.8) is 0 Å². The van der Waals surface area contributed by atoms with Crippen molar-refractivity contribution < 1.29 is 4.79 Å². The van der Waals surface area contributed by atoms with E-state index in [4.69, 9.17) is 11.6 Å². The number of carbonyl (C=O) groups excluding carboxylic acids is 1. The predicted molar refractivity (Wildman–Crippen MR) is 53.7 cm³/mol. The normalized spacial score (nSPS) is 9.38. The van der Waals surface area contributed by atoms with Crippen molar-refractivity contribution in [1.82, 2.24) is 5.43 Å². The molecule has 0 saturated carbocycles. The molecule has 0 heterocycles. The molecule has 0 saturated heterocycles. The first kappa shape index (κ1) is 9.86. The third-order valence-electron chi connectivity index (χ3n) is 1.56. The van der Waals surface area contributed by atoms with Gasteiger partial charge in [0.15, 0.2) is 0 Å². The Balaban J connectivity index is 2.59. The largest absolute Gasteiger partial charge is 0.289 e. The predicted octanol–water partition coefficient (Wildman–Crippen LogP) is 1.39. The SMILES string of the molecule is CN(NC(=O)CCl)c1ccccc1. The summed E-state index contributed by atoms with van der Waals surface area (Å²) in [6, 6.07) is 9.51. The van der Waals surface area contributed by atoms with E-state index in [0.717, 1.165) is 5.69 Å². The zero-order valence-corrected chi connectivity index (χ0v) is 8.08. The first-order chi connectivity index (χ1) is 6.24. The lowest BCUT2D eigenvalue weighted by Gasteiger charge is -2.19. The maximum absolute atomic E-state index is 10.9. The summed E-state index contributed by atoms with van der Waals surface area (Å²) >= 11 is 5.34. The van der Waals surface area contributed by atoms with Gasteiger partial charge in [-0.25, -0.2) is 0 Å². The van der Waals surface area contributed by atoms with Crippen LogP contribution in [0.25, 0.3) is 0 Å². The number of hydrogen-bond donors (Lipinski definition) is 1. The second kappa shape index (κ2) is 4.72. The van der Waals surface area contributed by atoms with E-state index in [0.29, 0.717) is 0 Å². The third-order valence-corrected chi connectivity index (χ3v) is 1.80. The molecule has 1 aromatic carbocycles. The first-order valence-corrected chi connectivity index (χ1v) is 4.41. The maximum atomic E-state index is 10.9. The third kappa shape index (κ3) is 2.95. The number of hydrazine groups is 1. The van der Waals surface area contributed by atoms with Gasteiger partial charge in [0.05, 0.1) is 5.69 Å². The number of amides is 1. The van der Waals surface area contributed by atoms with Crippen LogP contribution < -0.4 is 10.4 Å². The molecule has 4 heteroatoms. The van der Waals surface area contributed by atoms with Crippen LogP contribution in [0.4, 0.5) is 5.69 Å². The van der Waals surface area contributed by atoms with E-state index in [9.17, 15) is 4.79 Å². The molecule has 1 rings (SSSR count). The lowest BCUT2D eigenvalue weighted by Crippen LogP contribution is -2.39. The number of hydrogen-bond acceptors (Lipinski definition) is 2. The van der Waals surface area contributed by atoms with Crippen molar-refractivity contribution in [1.29, 1.82) is 0 Å². The van der Waals surface area contributed by atoms with E-state index in [-0.39, 0.29) is 11.8 Å². The number of anilines is 1. The van der Waals surface area contributed by atoms with Crippen LogP contribution in [-0.2, 0) is 4.79 Å². The molecule has 0 aromatic heterocycles. The highest BCUT2D eigenvalue weighted by atomic mass is 35.5. The maximum Gasteiger partial charge on any atom is 0.253 e. The molecule has 0 aliphatic rings. The monoisotopic (exact) mass is 198 g/mol. The molecule has 0 aliphatic heterocycles. The van der Waals surface area contributed by atoms with Crippen LogP contribution in [0.5, 0.6) is 0 Å². The van der Waals surface area contributed by atoms with E-state index >= 15 is 0 Å². The molecule has 1 amide bonds. The number of halogens is 1. The minimum absolute atomic E-state index is 0.0306. The minimum atomic E-state index is -0.215. The van der Waals surface area contributed by atoms with E-state index in [2.05, 4.69) is 5.43 Å². The van der Waals surface area contributed by atoms with Gasteiger partial charge in [0.1, 0.15) is 5.88 Å². The van der Waals surface area contributed by atoms with Gasteiger partial charge in [0.25, 0.3) is 5.91 Å². The van der Waals surface area contributed by atoms with Gasteiger partial charge in [-0.2, -0.15) is 0 Å². The summed E-state index contributed by atoms with van der Waals surface area (Å²) in [5.74, 6) is -0.245. The lowest BCUT2D eigenvalue weighted by atomic mass is 10.3. The van der Waals surface area contributed by atoms with Gasteiger partial charge in [-0.05, 0) is 12.1 Å². The number of rotatable bonds is 3. The quantitative estimate of drug-likeness (QED) is 0.588. The van der Waals surface area contributed by atoms with E-state index < -0.39 is 0 Å². The number of nitrogens with zero attached hydrogens (tertiary/aromatic N) is 1. The molecular weight excluding hydrogens is 188 g/mol. The molecule has 0 atom stereocenters. The number of benzene rings is 1. The highest BCUT2D eigenvalue weighted by Gasteiger charge is 2.02. The molecule has 0 fully saturated rings. The topological polar surface area (TPSA) is 32.3 Å². The molecule has 0 bridgehead atoms. The van der Waals surface area contributed by atoms with E-state index in [1.165, 1.54) is 0 Å². The molecule has 0 radical (unpaired) electrons. The molecular formula is C9H11ClN2O. The average molecular weight is 199 g/mol. The molecule has 13 heavy (non-hydrogen) atoms. The number of carbonyl (C=O) groups is 1. The molecule has 70 valence electrons. The van der Waals surface area contributed by atoms with Crippen LogP contribution in [0.3, 0.4) is 0 Å². The van der Waals surface area contributed by atoms with Gasteiger partial charge in [-0.1, -0.05) is 18.2 Å². The van der Waals surface area contributed by atoms with Crippen LogP contribution >= 0.6 is 11.6 Å². The summed E-state index contributed by atoms with van der Waals surface area (Å²) in [6.07, 6.45) is 0. The molecule has 0 unspecified atom stereocenters. The average Bonchev–Trinajstić information content (AvgIpc) is 2.19. The van der Waals surface area contributed by atoms with E-state index in [1.54, 1.807) is 12.1 Å². The highest BCUT2D eigenvalue weighted by Crippen LogP contribution is 2.07. The Morgan fingerprint density at radius 2 is 2.08 bits per heavy atom. The Labute approximate surface area is 82.3 Å². The Morgan fingerprint density at radius 1 is 1.46 bits per heavy atom. The fraction of sp³-hybridized carbons (Fsp3) is 0.222. The molecule has 1 aromatic rings. The van der Waals surface area contributed by atoms with Crippen molar-refractivity contribution in [2.24, 2.45) is 0 Å². The van der Waals surface area contributed by atoms with Crippen LogP contribution in [0.15, 0.2) is 30.3 Å². The summed E-state index contributed by atoms with van der Waals surface area (Å²) in [4.78, 5) is 10.9. The Morgan fingerprint density at radius 3 is 2.62 bits per heavy atom. The standard InChI is InChI=1S/C9H11ClN2O/c1-12(11-9(13)7-10)8-5-3-2-4-6-8/h2-6H,7H2,1H3,(H,11,13). The van der Waals surface area contributed by atoms with Crippen LogP contribution in [0, 0.1) is 0 Å². The Hall–Kier alpha value is -1.22. The minimum Gasteiger partial charge on any atom is -0.289 e. The van der Waals surface area contributed by atoms with Gasteiger partial charge in [-0.3, -0.25) is 15.2 Å². The molecule has 3 nitrogen and oxygen atoms in total. The fourth-order valence-corrected chi connectivity index (χ4v) is 0.993. The number of para-hydroxylation sites is 1. The van der Waals surface area contributed by atoms with Crippen LogP contribution in [0.1, 0.15) is 0 Å². The summed E-state index contributed by atoms with van der Waals surface area (Å²) in [5, 5.41) is 1.63. The first-order valence-electron chi connectivity index (χ1n) is 3.88. The van der Waals surface area contributed by atoms with E-state index in [1.807, 2.05) is 30.3 Å². The van der Waals surface area contributed by atoms with Gasteiger partial charge >= 0.3 is 0 Å². The highest BCUT2D eigenvalue weighted by molar-refractivity contribution is 6.27. The van der Waals surface area contributed by atoms with Crippen molar-refractivity contribution in [2.75, 3.05) is 17.9 Å². The Kier molecular flexibility index (Phi) is 3.58. The lowest BCUT2D eigenvalue weighted by molar-refractivity contribution is -0.118. The van der Waals surface area contributed by atoms with Crippen molar-refractivity contribution in [2.45, 2.75) is 0 Å². The van der Waals surface area contributed by atoms with Crippen molar-refractivity contribution >= 4 is 23.2 Å². The van der Waals surface area contributed by atoms with Gasteiger partial charge in [0, 0.05) is 7.05 Å². The molecule has 0 spiro atoms. The summed E-state index contributed by atoms with van der Waals surface area (Å²) in [6.45, 7) is 0. The summed E-state index contributed by atoms with van der Waals surface area (Å²) < 4.78 is 0. The number of nitrogens with one attached hydrogen (secondary N) is 1. The summed E-state index contributed by atoms with van der Waals surface area (Å²) in [5.41, 5.74) is 3.53.